The Labute approximate surface area is 130 Å². The number of fused-ring (bicyclic) bond motifs is 1. The van der Waals surface area contributed by atoms with Gasteiger partial charge in [-0.3, -0.25) is 9.59 Å². The summed E-state index contributed by atoms with van der Waals surface area (Å²) in [6, 6.07) is 7.72. The highest BCUT2D eigenvalue weighted by Gasteiger charge is 2.36. The van der Waals surface area contributed by atoms with E-state index in [4.69, 9.17) is 9.84 Å². The summed E-state index contributed by atoms with van der Waals surface area (Å²) in [6.07, 6.45) is -0.00165. The summed E-state index contributed by atoms with van der Waals surface area (Å²) in [6.45, 7) is 6.06. The van der Waals surface area contributed by atoms with Crippen LogP contribution in [0, 0.1) is 5.92 Å². The van der Waals surface area contributed by atoms with Gasteiger partial charge >= 0.3 is 5.97 Å². The van der Waals surface area contributed by atoms with E-state index in [1.54, 1.807) is 6.92 Å². The van der Waals surface area contributed by atoms with E-state index < -0.39 is 17.6 Å². The molecule has 0 saturated carbocycles. The second kappa shape index (κ2) is 6.48. The normalized spacial score (nSPS) is 20.1. The number of carbonyl (C=O) groups excluding carboxylic acids is 1. The zero-order valence-corrected chi connectivity index (χ0v) is 13.3. The highest BCUT2D eigenvalue weighted by Crippen LogP contribution is 2.29. The zero-order valence-electron chi connectivity index (χ0n) is 13.3. The van der Waals surface area contributed by atoms with Crippen molar-refractivity contribution in [3.8, 4) is 0 Å². The molecule has 1 aromatic carbocycles. The predicted octanol–water partition coefficient (Wildman–Crippen LogP) is 2.31. The number of carboxylic acid groups (broad SMARTS) is 1. The summed E-state index contributed by atoms with van der Waals surface area (Å²) in [4.78, 5) is 23.7. The Morgan fingerprint density at radius 3 is 2.73 bits per heavy atom. The topological polar surface area (TPSA) is 75.6 Å². The molecule has 2 rings (SSSR count). The molecule has 1 aliphatic rings. The summed E-state index contributed by atoms with van der Waals surface area (Å²) >= 11 is 0. The van der Waals surface area contributed by atoms with E-state index >= 15 is 0 Å². The van der Waals surface area contributed by atoms with Gasteiger partial charge in [-0.15, -0.1) is 0 Å². The van der Waals surface area contributed by atoms with Gasteiger partial charge in [-0.25, -0.2) is 0 Å². The molecule has 0 bridgehead atoms. The van der Waals surface area contributed by atoms with Crippen LogP contribution < -0.4 is 5.32 Å². The van der Waals surface area contributed by atoms with Crippen LogP contribution in [0.5, 0.6) is 0 Å². The molecule has 5 heteroatoms. The number of aliphatic carboxylic acids is 1. The van der Waals surface area contributed by atoms with Crippen LogP contribution in [0.15, 0.2) is 24.3 Å². The van der Waals surface area contributed by atoms with Crippen LogP contribution in [0.4, 0.5) is 0 Å². The van der Waals surface area contributed by atoms with E-state index in [1.807, 2.05) is 38.1 Å². The van der Waals surface area contributed by atoms with Crippen LogP contribution >= 0.6 is 0 Å². The van der Waals surface area contributed by atoms with Crippen molar-refractivity contribution < 1.29 is 19.4 Å². The molecule has 0 aromatic heterocycles. The van der Waals surface area contributed by atoms with Crippen LogP contribution in [-0.4, -0.2) is 29.1 Å². The average molecular weight is 305 g/mol. The van der Waals surface area contributed by atoms with Gasteiger partial charge in [-0.05, 0) is 30.4 Å². The number of ether oxygens (including phenoxy) is 1. The standard InChI is InChI=1S/C17H23NO4/c1-11(2)17(3,10-14(19)20)18-16(21)15-13-7-5-4-6-12(13)8-9-22-15/h4-7,11,15H,8-10H2,1-3H3,(H,18,21)(H,19,20). The fraction of sp³-hybridized carbons (Fsp3) is 0.529. The van der Waals surface area contributed by atoms with E-state index in [0.717, 1.165) is 17.5 Å². The lowest BCUT2D eigenvalue weighted by Crippen LogP contribution is -2.53. The zero-order chi connectivity index (χ0) is 16.3. The minimum atomic E-state index is -0.929. The monoisotopic (exact) mass is 305 g/mol. The minimum absolute atomic E-state index is 0.00798. The smallest absolute Gasteiger partial charge is 0.305 e. The lowest BCUT2D eigenvalue weighted by molar-refractivity contribution is -0.141. The molecule has 120 valence electrons. The maximum atomic E-state index is 12.6. The first-order valence-electron chi connectivity index (χ1n) is 7.56. The summed E-state index contributed by atoms with van der Waals surface area (Å²) in [5, 5.41) is 12.0. The second-order valence-corrected chi connectivity index (χ2v) is 6.33. The minimum Gasteiger partial charge on any atom is -0.481 e. The highest BCUT2D eigenvalue weighted by molar-refractivity contribution is 5.84. The van der Waals surface area contributed by atoms with Gasteiger partial charge in [-0.2, -0.15) is 0 Å². The summed E-state index contributed by atoms with van der Waals surface area (Å²) < 4.78 is 5.64. The molecule has 0 saturated heterocycles. The number of benzene rings is 1. The van der Waals surface area contributed by atoms with Crippen molar-refractivity contribution in [3.63, 3.8) is 0 Å². The van der Waals surface area contributed by atoms with Gasteiger partial charge in [0, 0.05) is 0 Å². The van der Waals surface area contributed by atoms with Gasteiger partial charge in [0.1, 0.15) is 0 Å². The molecule has 1 aromatic rings. The number of carboxylic acids is 1. The third-order valence-corrected chi connectivity index (χ3v) is 4.43. The maximum Gasteiger partial charge on any atom is 0.305 e. The average Bonchev–Trinajstić information content (AvgIpc) is 2.45. The van der Waals surface area contributed by atoms with Crippen molar-refractivity contribution in [3.05, 3.63) is 35.4 Å². The Kier molecular flexibility index (Phi) is 4.86. The van der Waals surface area contributed by atoms with Crippen LogP contribution in [-0.2, 0) is 20.7 Å². The predicted molar refractivity (Wildman–Crippen MR) is 82.5 cm³/mol. The maximum absolute atomic E-state index is 12.6. The Hall–Kier alpha value is -1.88. The highest BCUT2D eigenvalue weighted by atomic mass is 16.5. The molecule has 22 heavy (non-hydrogen) atoms. The van der Waals surface area contributed by atoms with Gasteiger partial charge < -0.3 is 15.2 Å². The molecular weight excluding hydrogens is 282 g/mol. The number of carbonyl (C=O) groups is 2. The SMILES string of the molecule is CC(C)C(C)(CC(=O)O)NC(=O)C1OCCc2ccccc21. The van der Waals surface area contributed by atoms with E-state index in [-0.39, 0.29) is 18.2 Å². The number of hydrogen-bond acceptors (Lipinski definition) is 3. The fourth-order valence-corrected chi connectivity index (χ4v) is 2.66. The van der Waals surface area contributed by atoms with Crippen molar-refractivity contribution in [2.75, 3.05) is 6.61 Å². The Balaban J connectivity index is 2.20. The number of rotatable bonds is 5. The van der Waals surface area contributed by atoms with E-state index in [1.165, 1.54) is 0 Å². The quantitative estimate of drug-likeness (QED) is 0.875. The molecule has 1 aliphatic heterocycles. The molecule has 5 nitrogen and oxygen atoms in total. The van der Waals surface area contributed by atoms with E-state index in [2.05, 4.69) is 5.32 Å². The molecule has 2 N–H and O–H groups in total. The molecular formula is C17H23NO4. The van der Waals surface area contributed by atoms with Crippen LogP contribution in [0.25, 0.3) is 0 Å². The third kappa shape index (κ3) is 3.47. The van der Waals surface area contributed by atoms with Gasteiger partial charge in [-0.1, -0.05) is 38.1 Å². The van der Waals surface area contributed by atoms with Crippen molar-refractivity contribution >= 4 is 11.9 Å². The van der Waals surface area contributed by atoms with E-state index in [9.17, 15) is 9.59 Å². The lowest BCUT2D eigenvalue weighted by atomic mass is 9.84. The molecule has 0 radical (unpaired) electrons. The van der Waals surface area contributed by atoms with Gasteiger partial charge in [0.15, 0.2) is 6.10 Å². The van der Waals surface area contributed by atoms with Gasteiger partial charge in [0.2, 0.25) is 0 Å². The van der Waals surface area contributed by atoms with E-state index in [0.29, 0.717) is 6.61 Å². The van der Waals surface area contributed by atoms with Gasteiger partial charge in [0.25, 0.3) is 5.91 Å². The summed E-state index contributed by atoms with van der Waals surface area (Å²) in [7, 11) is 0. The lowest BCUT2D eigenvalue weighted by Gasteiger charge is -2.36. The second-order valence-electron chi connectivity index (χ2n) is 6.33. The molecule has 2 atom stereocenters. The van der Waals surface area contributed by atoms with Crippen LogP contribution in [0.2, 0.25) is 0 Å². The first-order valence-corrected chi connectivity index (χ1v) is 7.56. The Bertz CT molecular complexity index is 570. The molecule has 0 fully saturated rings. The van der Waals surface area contributed by atoms with Crippen molar-refractivity contribution in [2.45, 2.75) is 45.3 Å². The first-order chi connectivity index (χ1) is 10.3. The number of nitrogens with one attached hydrogen (secondary N) is 1. The molecule has 1 heterocycles. The number of hydrogen-bond donors (Lipinski definition) is 2. The molecule has 1 amide bonds. The largest absolute Gasteiger partial charge is 0.481 e. The van der Waals surface area contributed by atoms with Crippen LogP contribution in [0.3, 0.4) is 0 Å². The summed E-state index contributed by atoms with van der Waals surface area (Å²) in [5.74, 6) is -1.21. The van der Waals surface area contributed by atoms with Crippen LogP contribution in [0.1, 0.15) is 44.4 Å². The third-order valence-electron chi connectivity index (χ3n) is 4.43. The first kappa shape index (κ1) is 16.5. The molecule has 0 aliphatic carbocycles. The molecule has 2 unspecified atom stereocenters. The fourth-order valence-electron chi connectivity index (χ4n) is 2.66. The van der Waals surface area contributed by atoms with Crippen molar-refractivity contribution in [1.29, 1.82) is 0 Å². The van der Waals surface area contributed by atoms with Crippen molar-refractivity contribution in [1.82, 2.24) is 5.32 Å². The van der Waals surface area contributed by atoms with Gasteiger partial charge in [0.05, 0.1) is 18.6 Å². The summed E-state index contributed by atoms with van der Waals surface area (Å²) in [5.41, 5.74) is 1.17. The van der Waals surface area contributed by atoms with Crippen molar-refractivity contribution in [2.24, 2.45) is 5.92 Å². The Morgan fingerprint density at radius 2 is 2.09 bits per heavy atom. The number of amides is 1. The molecule has 0 spiro atoms. The Morgan fingerprint density at radius 1 is 1.41 bits per heavy atom.